The van der Waals surface area contributed by atoms with Crippen LogP contribution in [-0.4, -0.2) is 37.0 Å². The third-order valence-electron chi connectivity index (χ3n) is 3.62. The van der Waals surface area contributed by atoms with Crippen molar-refractivity contribution in [3.05, 3.63) is 65.1 Å². The molecule has 1 amide bonds. The Bertz CT molecular complexity index is 827. The molecule has 2 aliphatic heterocycles. The second kappa shape index (κ2) is 8.80. The van der Waals surface area contributed by atoms with Gasteiger partial charge in [-0.1, -0.05) is 27.4 Å². The third kappa shape index (κ3) is 4.73. The van der Waals surface area contributed by atoms with Crippen LogP contribution < -0.4 is 15.8 Å². The Balaban J connectivity index is 1.73. The van der Waals surface area contributed by atoms with Crippen molar-refractivity contribution in [2.75, 3.05) is 25.2 Å². The van der Waals surface area contributed by atoms with E-state index < -0.39 is 11.7 Å². The molecule has 8 nitrogen and oxygen atoms in total. The summed E-state index contributed by atoms with van der Waals surface area (Å²) in [6.45, 7) is 4.11. The molecular weight excluding hydrogens is 421 g/mol. The van der Waals surface area contributed by atoms with Crippen molar-refractivity contribution in [1.82, 2.24) is 15.4 Å². The number of nitrogens with zero attached hydrogens (tertiary/aromatic N) is 3. The van der Waals surface area contributed by atoms with Crippen molar-refractivity contribution in [3.8, 4) is 0 Å². The van der Waals surface area contributed by atoms with Gasteiger partial charge in [-0.2, -0.15) is 0 Å². The van der Waals surface area contributed by atoms with Gasteiger partial charge < -0.3 is 4.74 Å². The number of carbonyl (C=O) groups excluding carboxylic acids is 1. The molecule has 1 aromatic carbocycles. The fourth-order valence-electron chi connectivity index (χ4n) is 2.37. The lowest BCUT2D eigenvalue weighted by molar-refractivity contribution is -0.132. The van der Waals surface area contributed by atoms with Gasteiger partial charge >= 0.3 is 0 Å². The van der Waals surface area contributed by atoms with Crippen LogP contribution in [0.1, 0.15) is 0 Å². The summed E-state index contributed by atoms with van der Waals surface area (Å²) in [5, 5.41) is 1.52. The number of benzene rings is 1. The number of ether oxygens (including phenoxy) is 1. The molecule has 1 radical (unpaired) electrons. The van der Waals surface area contributed by atoms with E-state index >= 15 is 0 Å². The molecule has 0 aliphatic carbocycles. The minimum atomic E-state index is -0.502. The molecule has 0 fully saturated rings. The van der Waals surface area contributed by atoms with E-state index in [2.05, 4.69) is 38.4 Å². The normalized spacial score (nSPS) is 15.7. The van der Waals surface area contributed by atoms with Crippen LogP contribution in [0.3, 0.4) is 0 Å². The van der Waals surface area contributed by atoms with E-state index in [9.17, 15) is 9.18 Å². The molecular formula is C17H17BrFN5O3+. The number of hydroxylamine groups is 1. The van der Waals surface area contributed by atoms with Gasteiger partial charge in [-0.15, -0.1) is 0 Å². The predicted molar refractivity (Wildman–Crippen MR) is 101 cm³/mol. The van der Waals surface area contributed by atoms with Gasteiger partial charge in [0.25, 0.3) is 5.91 Å². The summed E-state index contributed by atoms with van der Waals surface area (Å²) in [6, 6.07) is 4.61. The first-order valence-electron chi connectivity index (χ1n) is 7.95. The van der Waals surface area contributed by atoms with E-state index in [1.165, 1.54) is 17.3 Å². The largest absolute Gasteiger partial charge is 0.499 e. The van der Waals surface area contributed by atoms with Gasteiger partial charge in [0.15, 0.2) is 11.9 Å². The summed E-state index contributed by atoms with van der Waals surface area (Å²) in [4.78, 5) is 23.4. The van der Waals surface area contributed by atoms with Crippen molar-refractivity contribution in [2.24, 2.45) is 4.99 Å². The zero-order valence-corrected chi connectivity index (χ0v) is 15.8. The Morgan fingerprint density at radius 1 is 1.48 bits per heavy atom. The molecule has 0 saturated carbocycles. The van der Waals surface area contributed by atoms with Crippen LogP contribution in [0.4, 0.5) is 10.1 Å². The molecule has 2 aliphatic rings. The van der Waals surface area contributed by atoms with E-state index in [1.807, 2.05) is 0 Å². The van der Waals surface area contributed by atoms with Gasteiger partial charge in [0.1, 0.15) is 25.6 Å². The monoisotopic (exact) mass is 437 g/mol. The number of aliphatic imine (C=N–C) groups is 1. The SMILES string of the molecule is C=COCCONC(=O)C1=C[N+]2C=NC=C2CN1Nc1ccc(Br)cc1F. The van der Waals surface area contributed by atoms with Crippen molar-refractivity contribution >= 4 is 33.9 Å². The van der Waals surface area contributed by atoms with E-state index in [1.54, 1.807) is 35.8 Å². The molecule has 0 bridgehead atoms. The van der Waals surface area contributed by atoms with Crippen molar-refractivity contribution in [2.45, 2.75) is 0 Å². The highest BCUT2D eigenvalue weighted by Gasteiger charge is 2.36. The first-order chi connectivity index (χ1) is 13.1. The van der Waals surface area contributed by atoms with Crippen LogP contribution >= 0.6 is 15.9 Å². The van der Waals surface area contributed by atoms with E-state index in [0.29, 0.717) is 11.0 Å². The number of amides is 1. The first kappa shape index (κ1) is 19.1. The number of halogens is 2. The van der Waals surface area contributed by atoms with Crippen LogP contribution in [0.25, 0.3) is 0 Å². The maximum Gasteiger partial charge on any atom is 0.298 e. The lowest BCUT2D eigenvalue weighted by Crippen LogP contribution is -2.46. The van der Waals surface area contributed by atoms with Crippen LogP contribution in [0.15, 0.2) is 64.3 Å². The average molecular weight is 438 g/mol. The molecule has 3 rings (SSSR count). The fraction of sp³-hybridized carbons (Fsp3) is 0.176. The number of hydrogen-bond acceptors (Lipinski definition) is 7. The lowest BCUT2D eigenvalue weighted by atomic mass is 10.2. The smallest absolute Gasteiger partial charge is 0.298 e. The molecule has 0 aromatic heterocycles. The molecule has 10 heteroatoms. The summed E-state index contributed by atoms with van der Waals surface area (Å²) in [6.07, 6.45) is 6.11. The summed E-state index contributed by atoms with van der Waals surface area (Å²) in [5.74, 6) is -0.959. The Hall–Kier alpha value is -2.69. The molecule has 2 N–H and O–H groups in total. The fourth-order valence-corrected chi connectivity index (χ4v) is 2.70. The highest BCUT2D eigenvalue weighted by Crippen LogP contribution is 2.24. The van der Waals surface area contributed by atoms with Crippen LogP contribution in [0.2, 0.25) is 0 Å². The summed E-state index contributed by atoms with van der Waals surface area (Å²) < 4.78 is 19.7. The quantitative estimate of drug-likeness (QED) is 0.282. The number of fused-ring (bicyclic) bond motifs is 1. The van der Waals surface area contributed by atoms with Gasteiger partial charge in [-0.05, 0) is 18.2 Å². The van der Waals surface area contributed by atoms with Gasteiger partial charge in [-0.25, -0.2) is 14.9 Å². The molecule has 2 heterocycles. The zero-order valence-electron chi connectivity index (χ0n) is 14.2. The number of rotatable bonds is 8. The lowest BCUT2D eigenvalue weighted by Gasteiger charge is -2.29. The highest BCUT2D eigenvalue weighted by atomic mass is 79.9. The minimum Gasteiger partial charge on any atom is -0.499 e. The molecule has 0 atom stereocenters. The van der Waals surface area contributed by atoms with Crippen molar-refractivity contribution in [1.29, 1.82) is 0 Å². The van der Waals surface area contributed by atoms with E-state index in [-0.39, 0.29) is 24.6 Å². The number of hydrazine groups is 1. The molecule has 0 unspecified atom stereocenters. The molecule has 0 spiro atoms. The second-order valence-corrected chi connectivity index (χ2v) is 6.36. The number of hydrogen-bond donors (Lipinski definition) is 2. The molecule has 27 heavy (non-hydrogen) atoms. The summed E-state index contributed by atoms with van der Waals surface area (Å²) in [5.41, 5.74) is 6.54. The number of carbonyl (C=O) groups is 1. The average Bonchev–Trinajstić information content (AvgIpc) is 3.10. The topological polar surface area (TPSA) is 81.1 Å². The van der Waals surface area contributed by atoms with Crippen LogP contribution in [-0.2, 0) is 14.4 Å². The minimum absolute atomic E-state index is 0.149. The molecule has 141 valence electrons. The predicted octanol–water partition coefficient (Wildman–Crippen LogP) is 2.30. The second-order valence-electron chi connectivity index (χ2n) is 5.45. The van der Waals surface area contributed by atoms with Gasteiger partial charge in [-0.3, -0.25) is 20.1 Å². The number of anilines is 1. The van der Waals surface area contributed by atoms with Crippen LogP contribution in [0.5, 0.6) is 0 Å². The third-order valence-corrected chi connectivity index (χ3v) is 4.12. The first-order valence-corrected chi connectivity index (χ1v) is 8.74. The Labute approximate surface area is 163 Å². The zero-order chi connectivity index (χ0) is 19.2. The van der Waals surface area contributed by atoms with Crippen LogP contribution in [0, 0.1) is 5.82 Å². The standard InChI is InChI=1S/C17H17BrFN5O3/c1-2-26-5-6-27-22-17(25)16-10-23-11-20-8-13(23)9-24(16)21-15-4-3-12(18)7-14(15)19/h2-4,7-8,10-11,21H,1,5-6,9H2,(H,22,25)/q+1. The van der Waals surface area contributed by atoms with E-state index in [0.717, 1.165) is 5.70 Å². The highest BCUT2D eigenvalue weighted by molar-refractivity contribution is 9.10. The maximum atomic E-state index is 14.2. The maximum absolute atomic E-state index is 14.2. The van der Waals surface area contributed by atoms with Crippen molar-refractivity contribution in [3.63, 3.8) is 0 Å². The molecule has 1 aromatic rings. The number of nitrogens with one attached hydrogen (secondary N) is 2. The Morgan fingerprint density at radius 3 is 3.11 bits per heavy atom. The van der Waals surface area contributed by atoms with Crippen molar-refractivity contribution < 1.29 is 18.8 Å². The van der Waals surface area contributed by atoms with Gasteiger partial charge in [0.2, 0.25) is 12.0 Å². The Kier molecular flexibility index (Phi) is 6.22. The summed E-state index contributed by atoms with van der Waals surface area (Å²) >= 11 is 3.22. The Morgan fingerprint density at radius 2 is 2.33 bits per heavy atom. The molecule has 0 saturated heterocycles. The summed E-state index contributed by atoms with van der Waals surface area (Å²) in [7, 11) is 0. The van der Waals surface area contributed by atoms with E-state index in [4.69, 9.17) is 9.57 Å². The van der Waals surface area contributed by atoms with Gasteiger partial charge in [0, 0.05) is 4.47 Å². The van der Waals surface area contributed by atoms with Gasteiger partial charge in [0.05, 0.1) is 18.1 Å².